The molecule has 1 heterocycles. The van der Waals surface area contributed by atoms with Crippen LogP contribution in [0, 0.1) is 0 Å². The van der Waals surface area contributed by atoms with Crippen molar-refractivity contribution in [3.63, 3.8) is 0 Å². The third-order valence-electron chi connectivity index (χ3n) is 5.71. The number of halogens is 1. The molecule has 140 valence electrons. The maximum absolute atomic E-state index is 13.1. The fourth-order valence-corrected chi connectivity index (χ4v) is 3.99. The van der Waals surface area contributed by atoms with E-state index in [0.29, 0.717) is 6.42 Å². The number of hydrogen-bond donors (Lipinski definition) is 0. The van der Waals surface area contributed by atoms with Crippen molar-refractivity contribution < 1.29 is 14.3 Å². The molecule has 0 aromatic heterocycles. The highest BCUT2D eigenvalue weighted by atomic mass is 35.5. The maximum atomic E-state index is 13.1. The van der Waals surface area contributed by atoms with Crippen molar-refractivity contribution in [2.75, 3.05) is 6.79 Å². The lowest BCUT2D eigenvalue weighted by Crippen LogP contribution is -2.22. The lowest BCUT2D eigenvalue weighted by molar-refractivity contribution is -0.120. The number of ether oxygens (including phenoxy) is 2. The molecule has 28 heavy (non-hydrogen) atoms. The Kier molecular flexibility index (Phi) is 4.13. The van der Waals surface area contributed by atoms with Crippen LogP contribution in [0.4, 0.5) is 0 Å². The molecule has 4 heteroatoms. The zero-order chi connectivity index (χ0) is 19.1. The third-order valence-corrected chi connectivity index (χ3v) is 5.96. The van der Waals surface area contributed by atoms with Crippen molar-refractivity contribution in [2.45, 2.75) is 24.7 Å². The van der Waals surface area contributed by atoms with Crippen LogP contribution in [0.2, 0.25) is 5.02 Å². The van der Waals surface area contributed by atoms with Gasteiger partial charge in [0.2, 0.25) is 6.79 Å². The quantitative estimate of drug-likeness (QED) is 0.570. The lowest BCUT2D eigenvalue weighted by atomic mass is 9.87. The molecule has 0 amide bonds. The summed E-state index contributed by atoms with van der Waals surface area (Å²) in [5, 5.41) is 0.726. The second-order valence-electron chi connectivity index (χ2n) is 7.45. The van der Waals surface area contributed by atoms with Crippen molar-refractivity contribution >= 4 is 17.4 Å². The summed E-state index contributed by atoms with van der Waals surface area (Å²) in [7, 11) is 0. The molecule has 3 aromatic rings. The van der Waals surface area contributed by atoms with E-state index in [4.69, 9.17) is 21.1 Å². The first-order valence-electron chi connectivity index (χ1n) is 9.42. The highest BCUT2D eigenvalue weighted by Crippen LogP contribution is 2.51. The van der Waals surface area contributed by atoms with Gasteiger partial charge in [0, 0.05) is 11.4 Å². The normalized spacial score (nSPS) is 16.0. The van der Waals surface area contributed by atoms with Crippen LogP contribution in [0.25, 0.3) is 11.1 Å². The number of rotatable bonds is 5. The number of carbonyl (C=O) groups is 1. The van der Waals surface area contributed by atoms with E-state index < -0.39 is 0 Å². The molecule has 1 fully saturated rings. The van der Waals surface area contributed by atoms with Gasteiger partial charge in [-0.3, -0.25) is 4.79 Å². The van der Waals surface area contributed by atoms with Crippen molar-refractivity contribution in [3.8, 4) is 22.6 Å². The zero-order valence-electron chi connectivity index (χ0n) is 15.3. The van der Waals surface area contributed by atoms with Crippen LogP contribution >= 0.6 is 11.6 Å². The molecular weight excluding hydrogens is 372 g/mol. The molecule has 3 aromatic carbocycles. The highest BCUT2D eigenvalue weighted by Gasteiger charge is 2.50. The molecule has 0 spiro atoms. The van der Waals surface area contributed by atoms with E-state index in [1.165, 1.54) is 0 Å². The minimum absolute atomic E-state index is 0.250. The van der Waals surface area contributed by atoms with Gasteiger partial charge in [-0.1, -0.05) is 54.1 Å². The summed E-state index contributed by atoms with van der Waals surface area (Å²) in [4.78, 5) is 13.1. The first-order valence-corrected chi connectivity index (χ1v) is 9.80. The summed E-state index contributed by atoms with van der Waals surface area (Å²) < 4.78 is 10.9. The molecule has 0 atom stereocenters. The topological polar surface area (TPSA) is 35.5 Å². The van der Waals surface area contributed by atoms with Crippen LogP contribution in [0.1, 0.15) is 24.0 Å². The van der Waals surface area contributed by atoms with Crippen molar-refractivity contribution in [2.24, 2.45) is 0 Å². The summed E-state index contributed by atoms with van der Waals surface area (Å²) in [6.07, 6.45) is 2.23. The second-order valence-corrected chi connectivity index (χ2v) is 7.89. The third kappa shape index (κ3) is 3.06. The molecule has 0 saturated heterocycles. The average molecular weight is 391 g/mol. The second kappa shape index (κ2) is 6.68. The Bertz CT molecular complexity index is 1030. The van der Waals surface area contributed by atoms with Gasteiger partial charge in [0.25, 0.3) is 0 Å². The number of fused-ring (bicyclic) bond motifs is 1. The van der Waals surface area contributed by atoms with E-state index in [2.05, 4.69) is 12.1 Å². The zero-order valence-corrected chi connectivity index (χ0v) is 16.0. The Balaban J connectivity index is 1.33. The Hall–Kier alpha value is -2.78. The average Bonchev–Trinajstić information content (AvgIpc) is 3.40. The molecule has 0 bridgehead atoms. The van der Waals surface area contributed by atoms with Crippen LogP contribution in [0.3, 0.4) is 0 Å². The van der Waals surface area contributed by atoms with Gasteiger partial charge in [0.05, 0.1) is 5.41 Å². The minimum atomic E-state index is -0.365. The molecule has 2 aliphatic rings. The predicted octanol–water partition coefficient (Wildman–Crippen LogP) is 5.58. The van der Waals surface area contributed by atoms with E-state index >= 15 is 0 Å². The summed E-state index contributed by atoms with van der Waals surface area (Å²) in [6, 6.07) is 21.9. The van der Waals surface area contributed by atoms with Gasteiger partial charge in [-0.05, 0) is 59.4 Å². The molecular formula is C24H19ClO3. The molecule has 3 nitrogen and oxygen atoms in total. The standard InChI is InChI=1S/C24H19ClO3/c25-20-8-5-18(6-9-20)17-3-1-16(2-4-17)13-23(26)24(11-12-24)19-7-10-21-22(14-19)28-15-27-21/h1-10,14H,11-13,15H2. The van der Waals surface area contributed by atoms with Gasteiger partial charge in [-0.2, -0.15) is 0 Å². The molecule has 1 aliphatic carbocycles. The van der Waals surface area contributed by atoms with Gasteiger partial charge in [0.1, 0.15) is 5.78 Å². The first kappa shape index (κ1) is 17.3. The first-order chi connectivity index (χ1) is 13.6. The summed E-state index contributed by atoms with van der Waals surface area (Å²) >= 11 is 5.96. The van der Waals surface area contributed by atoms with Crippen molar-refractivity contribution in [1.82, 2.24) is 0 Å². The predicted molar refractivity (Wildman–Crippen MR) is 109 cm³/mol. The lowest BCUT2D eigenvalue weighted by Gasteiger charge is -2.15. The van der Waals surface area contributed by atoms with Crippen LogP contribution in [-0.2, 0) is 16.6 Å². The SMILES string of the molecule is O=C(Cc1ccc(-c2ccc(Cl)cc2)cc1)C1(c2ccc3c(c2)OCO3)CC1. The maximum Gasteiger partial charge on any atom is 0.231 e. The van der Waals surface area contributed by atoms with Crippen LogP contribution in [-0.4, -0.2) is 12.6 Å². The molecule has 0 N–H and O–H groups in total. The van der Waals surface area contributed by atoms with E-state index in [1.807, 2.05) is 54.6 Å². The van der Waals surface area contributed by atoms with Gasteiger partial charge in [-0.15, -0.1) is 0 Å². The number of carbonyl (C=O) groups excluding carboxylic acids is 1. The van der Waals surface area contributed by atoms with Gasteiger partial charge < -0.3 is 9.47 Å². The number of hydrogen-bond acceptors (Lipinski definition) is 3. The van der Waals surface area contributed by atoms with E-state index in [1.54, 1.807) is 0 Å². The molecule has 1 aliphatic heterocycles. The van der Waals surface area contributed by atoms with Crippen molar-refractivity contribution in [1.29, 1.82) is 0 Å². The van der Waals surface area contributed by atoms with Crippen LogP contribution in [0.15, 0.2) is 66.7 Å². The molecule has 0 unspecified atom stereocenters. The molecule has 1 saturated carbocycles. The number of benzene rings is 3. The largest absolute Gasteiger partial charge is 0.454 e. The smallest absolute Gasteiger partial charge is 0.231 e. The minimum Gasteiger partial charge on any atom is -0.454 e. The molecule has 5 rings (SSSR count). The van der Waals surface area contributed by atoms with Crippen molar-refractivity contribution in [3.05, 3.63) is 82.9 Å². The van der Waals surface area contributed by atoms with Gasteiger partial charge in [0.15, 0.2) is 11.5 Å². The Morgan fingerprint density at radius 2 is 1.50 bits per heavy atom. The summed E-state index contributed by atoms with van der Waals surface area (Å²) in [6.45, 7) is 0.250. The Morgan fingerprint density at radius 1 is 0.857 bits per heavy atom. The fraction of sp³-hybridized carbons (Fsp3) is 0.208. The monoisotopic (exact) mass is 390 g/mol. The Labute approximate surface area is 168 Å². The Morgan fingerprint density at radius 3 is 2.18 bits per heavy atom. The fourth-order valence-electron chi connectivity index (χ4n) is 3.86. The van der Waals surface area contributed by atoms with E-state index in [9.17, 15) is 4.79 Å². The molecule has 0 radical (unpaired) electrons. The van der Waals surface area contributed by atoms with Gasteiger partial charge in [-0.25, -0.2) is 0 Å². The highest BCUT2D eigenvalue weighted by molar-refractivity contribution is 6.30. The van der Waals surface area contributed by atoms with E-state index in [0.717, 1.165) is 51.6 Å². The summed E-state index contributed by atoms with van der Waals surface area (Å²) in [5.41, 5.74) is 3.94. The number of ketones is 1. The van der Waals surface area contributed by atoms with Gasteiger partial charge >= 0.3 is 0 Å². The van der Waals surface area contributed by atoms with Crippen LogP contribution < -0.4 is 9.47 Å². The van der Waals surface area contributed by atoms with Crippen LogP contribution in [0.5, 0.6) is 11.5 Å². The summed E-state index contributed by atoms with van der Waals surface area (Å²) in [5.74, 6) is 1.76. The van der Waals surface area contributed by atoms with E-state index in [-0.39, 0.29) is 18.0 Å². The number of Topliss-reactive ketones (excluding diaryl/α,β-unsaturated/α-hetero) is 1.